The fraction of sp³-hybridized carbons (Fsp3) is 1.00. The zero-order chi connectivity index (χ0) is 22.5. The van der Waals surface area contributed by atoms with E-state index in [-0.39, 0.29) is 0 Å². The second-order valence-electron chi connectivity index (χ2n) is 10.5. The fourth-order valence-corrected chi connectivity index (χ4v) is 3.19. The summed E-state index contributed by atoms with van der Waals surface area (Å²) < 4.78 is 0. The minimum absolute atomic E-state index is 0.446. The van der Waals surface area contributed by atoms with Crippen LogP contribution in [0.5, 0.6) is 0 Å². The highest BCUT2D eigenvalue weighted by atomic mass is 17.3. The van der Waals surface area contributed by atoms with E-state index in [9.17, 15) is 0 Å². The lowest BCUT2D eigenvalue weighted by Gasteiger charge is -2.39. The van der Waals surface area contributed by atoms with Crippen molar-refractivity contribution in [3.05, 3.63) is 0 Å². The molecule has 1 unspecified atom stereocenters. The first-order valence-corrected chi connectivity index (χ1v) is 12.1. The molecule has 1 fully saturated rings. The molecular weight excluding hydrogens is 384 g/mol. The van der Waals surface area contributed by atoms with Gasteiger partial charge in [-0.3, -0.25) is 0 Å². The largest absolute Gasteiger partial charge is 0.262 e. The van der Waals surface area contributed by atoms with Gasteiger partial charge in [0.05, 0.1) is 17.8 Å². The molecule has 0 bridgehead atoms. The van der Waals surface area contributed by atoms with E-state index in [1.807, 2.05) is 41.5 Å². The summed E-state index contributed by atoms with van der Waals surface area (Å²) in [4.78, 5) is 35.2. The summed E-state index contributed by atoms with van der Waals surface area (Å²) in [5.74, 6) is -1.19. The first-order chi connectivity index (χ1) is 14.1. The Morgan fingerprint density at radius 3 is 1.73 bits per heavy atom. The Balaban J connectivity index is 3.09. The van der Waals surface area contributed by atoms with Gasteiger partial charge in [0.2, 0.25) is 0 Å². The summed E-state index contributed by atoms with van der Waals surface area (Å²) in [5.41, 5.74) is -0.981. The van der Waals surface area contributed by atoms with E-state index >= 15 is 0 Å². The molecule has 0 aromatic heterocycles. The first-order valence-electron chi connectivity index (χ1n) is 12.1. The Morgan fingerprint density at radius 1 is 0.733 bits per heavy atom. The third-order valence-electron chi connectivity index (χ3n) is 4.86. The molecule has 0 radical (unpaired) electrons. The Hall–Kier alpha value is -0.240. The predicted octanol–water partition coefficient (Wildman–Crippen LogP) is 7.21. The van der Waals surface area contributed by atoms with Crippen LogP contribution in [-0.4, -0.2) is 29.7 Å². The maximum atomic E-state index is 6.05. The molecular formula is C24H48O6. The van der Waals surface area contributed by atoms with E-state index < -0.39 is 23.1 Å². The Kier molecular flexibility index (Phi) is 13.0. The van der Waals surface area contributed by atoms with Gasteiger partial charge in [-0.15, -0.1) is 0 Å². The molecule has 1 atom stereocenters. The maximum absolute atomic E-state index is 6.05. The van der Waals surface area contributed by atoms with Gasteiger partial charge in [-0.05, 0) is 60.8 Å². The van der Waals surface area contributed by atoms with Crippen LogP contribution in [0.15, 0.2) is 0 Å². The van der Waals surface area contributed by atoms with Crippen LogP contribution in [-0.2, 0) is 29.3 Å². The van der Waals surface area contributed by atoms with Crippen LogP contribution in [0, 0.1) is 0 Å². The Labute approximate surface area is 185 Å². The van der Waals surface area contributed by atoms with Crippen molar-refractivity contribution in [2.75, 3.05) is 6.61 Å². The lowest BCUT2D eigenvalue weighted by atomic mass is 9.95. The van der Waals surface area contributed by atoms with Gasteiger partial charge in [-0.1, -0.05) is 58.3 Å². The van der Waals surface area contributed by atoms with Crippen LogP contribution in [0.25, 0.3) is 0 Å². The molecule has 6 heteroatoms. The molecule has 0 aromatic carbocycles. The molecule has 0 saturated heterocycles. The monoisotopic (exact) mass is 432 g/mol. The van der Waals surface area contributed by atoms with Gasteiger partial charge in [0.1, 0.15) is 0 Å². The maximum Gasteiger partial charge on any atom is 0.262 e. The van der Waals surface area contributed by atoms with Gasteiger partial charge in [0.15, 0.2) is 6.10 Å². The molecule has 0 heterocycles. The Bertz CT molecular complexity index is 406. The molecule has 0 spiro atoms. The summed E-state index contributed by atoms with van der Waals surface area (Å²) in [7, 11) is 0. The average Bonchev–Trinajstić information content (AvgIpc) is 2.64. The number of unbranched alkanes of at least 4 members (excludes halogenated alkanes) is 1. The summed E-state index contributed by atoms with van der Waals surface area (Å²) in [6, 6.07) is 0. The normalized spacial score (nSPS) is 22.3. The Morgan fingerprint density at radius 2 is 1.23 bits per heavy atom. The van der Waals surface area contributed by atoms with Crippen molar-refractivity contribution < 1.29 is 29.3 Å². The standard InChI is InChI=1S/C24H48O6/c1-8-9-20-25-26-21-18-16-14-12-10-11-13-15-17-19-24(21,29-27-22(2,3)4)30-28-23(5,6)7/h21H,8-20H2,1-7H3. The third-order valence-corrected chi connectivity index (χ3v) is 4.86. The molecule has 0 amide bonds. The van der Waals surface area contributed by atoms with Crippen molar-refractivity contribution in [3.63, 3.8) is 0 Å². The van der Waals surface area contributed by atoms with Crippen molar-refractivity contribution in [1.82, 2.24) is 0 Å². The second-order valence-corrected chi connectivity index (χ2v) is 10.5. The van der Waals surface area contributed by atoms with Crippen LogP contribution in [0.1, 0.15) is 126 Å². The van der Waals surface area contributed by atoms with E-state index in [1.165, 1.54) is 25.7 Å². The van der Waals surface area contributed by atoms with Gasteiger partial charge in [0, 0.05) is 6.42 Å². The van der Waals surface area contributed by atoms with Crippen molar-refractivity contribution >= 4 is 0 Å². The van der Waals surface area contributed by atoms with Gasteiger partial charge < -0.3 is 0 Å². The molecule has 0 aromatic rings. The van der Waals surface area contributed by atoms with Crippen molar-refractivity contribution in [2.45, 2.75) is 149 Å². The van der Waals surface area contributed by atoms with Gasteiger partial charge in [-0.25, -0.2) is 19.6 Å². The van der Waals surface area contributed by atoms with E-state index in [0.29, 0.717) is 13.0 Å². The first kappa shape index (κ1) is 27.8. The van der Waals surface area contributed by atoms with Crippen LogP contribution in [0.2, 0.25) is 0 Å². The molecule has 1 aliphatic rings. The molecule has 1 rings (SSSR count). The highest BCUT2D eigenvalue weighted by molar-refractivity contribution is 4.80. The number of rotatable bonds is 9. The number of hydrogen-bond donors (Lipinski definition) is 0. The van der Waals surface area contributed by atoms with Crippen molar-refractivity contribution in [3.8, 4) is 0 Å². The van der Waals surface area contributed by atoms with Crippen LogP contribution >= 0.6 is 0 Å². The highest BCUT2D eigenvalue weighted by Gasteiger charge is 2.47. The highest BCUT2D eigenvalue weighted by Crippen LogP contribution is 2.35. The van der Waals surface area contributed by atoms with Gasteiger partial charge in [-0.2, -0.15) is 9.78 Å². The zero-order valence-corrected chi connectivity index (χ0v) is 20.7. The molecule has 180 valence electrons. The average molecular weight is 433 g/mol. The van der Waals surface area contributed by atoms with E-state index in [1.54, 1.807) is 0 Å². The van der Waals surface area contributed by atoms with E-state index in [2.05, 4.69) is 6.92 Å². The third kappa shape index (κ3) is 12.6. The van der Waals surface area contributed by atoms with Crippen LogP contribution in [0.4, 0.5) is 0 Å². The van der Waals surface area contributed by atoms with Crippen molar-refractivity contribution in [1.29, 1.82) is 0 Å². The molecule has 30 heavy (non-hydrogen) atoms. The van der Waals surface area contributed by atoms with E-state index in [4.69, 9.17) is 29.3 Å². The quantitative estimate of drug-likeness (QED) is 0.166. The molecule has 1 saturated carbocycles. The van der Waals surface area contributed by atoms with Gasteiger partial charge >= 0.3 is 0 Å². The lowest BCUT2D eigenvalue weighted by molar-refractivity contribution is -0.570. The topological polar surface area (TPSA) is 55.4 Å². The van der Waals surface area contributed by atoms with Crippen molar-refractivity contribution in [2.24, 2.45) is 0 Å². The zero-order valence-electron chi connectivity index (χ0n) is 20.7. The van der Waals surface area contributed by atoms with Gasteiger partial charge in [0.25, 0.3) is 5.79 Å². The van der Waals surface area contributed by atoms with Crippen LogP contribution in [0.3, 0.4) is 0 Å². The smallest absolute Gasteiger partial charge is 0.236 e. The minimum Gasteiger partial charge on any atom is -0.236 e. The molecule has 6 nitrogen and oxygen atoms in total. The SMILES string of the molecule is CCCCOOC1CCCCCCCCCCC1(OOC(C)(C)C)OOC(C)(C)C. The minimum atomic E-state index is -1.19. The number of hydrogen-bond acceptors (Lipinski definition) is 6. The summed E-state index contributed by atoms with van der Waals surface area (Å²) >= 11 is 0. The summed E-state index contributed by atoms with van der Waals surface area (Å²) in [6.07, 6.45) is 12.2. The molecule has 0 aliphatic heterocycles. The summed E-state index contributed by atoms with van der Waals surface area (Å²) in [5, 5.41) is 0. The fourth-order valence-electron chi connectivity index (χ4n) is 3.19. The summed E-state index contributed by atoms with van der Waals surface area (Å²) in [6.45, 7) is 14.4. The predicted molar refractivity (Wildman–Crippen MR) is 118 cm³/mol. The van der Waals surface area contributed by atoms with Crippen LogP contribution < -0.4 is 0 Å². The second kappa shape index (κ2) is 14.0. The molecule has 0 N–H and O–H groups in total. The van der Waals surface area contributed by atoms with E-state index in [0.717, 1.165) is 44.9 Å². The molecule has 1 aliphatic carbocycles. The lowest BCUT2D eigenvalue weighted by Crippen LogP contribution is -2.51.